The minimum absolute atomic E-state index is 0.144. The van der Waals surface area contributed by atoms with Crippen molar-refractivity contribution >= 4 is 0 Å². The molecule has 0 bridgehead atoms. The molecule has 0 atom stereocenters. The van der Waals surface area contributed by atoms with E-state index < -0.39 is 0 Å². The molecule has 434 valence electrons. The van der Waals surface area contributed by atoms with Crippen LogP contribution in [0.2, 0.25) is 0 Å². The molecule has 14 nitrogen and oxygen atoms in total. The van der Waals surface area contributed by atoms with Crippen LogP contribution in [0.1, 0.15) is 89.0 Å². The molecule has 0 saturated carbocycles. The highest BCUT2D eigenvalue weighted by atomic mass is 16.6. The fourth-order valence-corrected chi connectivity index (χ4v) is 7.79. The first-order valence-electron chi connectivity index (χ1n) is 27.6. The second-order valence-electron chi connectivity index (χ2n) is 18.4. The number of ether oxygens (including phenoxy) is 10. The molecule has 0 aliphatic rings. The Hall–Kier alpha value is -11.2. The Labute approximate surface area is 514 Å². The van der Waals surface area contributed by atoms with Gasteiger partial charge in [0.05, 0.1) is 138 Å². The van der Waals surface area contributed by atoms with Crippen LogP contribution in [-0.2, 0) is 28.4 Å². The van der Waals surface area contributed by atoms with E-state index in [-0.39, 0.29) is 26.4 Å². The zero-order valence-corrected chi connectivity index (χ0v) is 49.1. The van der Waals surface area contributed by atoms with Crippen LogP contribution in [0, 0.1) is 116 Å². The van der Waals surface area contributed by atoms with Crippen molar-refractivity contribution in [1.29, 1.82) is 21.0 Å². The Bertz CT molecular complexity index is 3850. The zero-order chi connectivity index (χ0) is 62.0. The van der Waals surface area contributed by atoms with Crippen LogP contribution in [0.15, 0.2) is 133 Å². The van der Waals surface area contributed by atoms with Crippen molar-refractivity contribution in [2.45, 2.75) is 0 Å². The summed E-state index contributed by atoms with van der Waals surface area (Å²) in [5, 5.41) is 37.6. The lowest BCUT2D eigenvalue weighted by Crippen LogP contribution is -2.14. The molecule has 0 N–H and O–H groups in total. The molecule has 0 fully saturated rings. The lowest BCUT2D eigenvalue weighted by atomic mass is 10.0. The molecule has 7 aromatic carbocycles. The minimum Gasteiger partial charge on any atom is -0.495 e. The van der Waals surface area contributed by atoms with Gasteiger partial charge in [0.25, 0.3) is 0 Å². The lowest BCUT2D eigenvalue weighted by Gasteiger charge is -2.15. The third-order valence-corrected chi connectivity index (χ3v) is 12.4. The fourth-order valence-electron chi connectivity index (χ4n) is 7.79. The molecule has 0 heterocycles. The lowest BCUT2D eigenvalue weighted by molar-refractivity contribution is 0.0159. The number of benzene rings is 7. The van der Waals surface area contributed by atoms with Gasteiger partial charge in [-0.05, 0) is 121 Å². The summed E-state index contributed by atoms with van der Waals surface area (Å²) in [5.74, 6) is 40.8. The molecule has 0 aliphatic carbocycles. The van der Waals surface area contributed by atoms with Crippen LogP contribution >= 0.6 is 0 Å². The molecular formula is C74H58N4O10. The van der Waals surface area contributed by atoms with Gasteiger partial charge < -0.3 is 47.4 Å². The van der Waals surface area contributed by atoms with E-state index in [2.05, 4.69) is 95.3 Å². The highest BCUT2D eigenvalue weighted by Crippen LogP contribution is 2.32. The molecular weight excluding hydrogens is 1100 g/mol. The topological polar surface area (TPSA) is 187 Å². The Morgan fingerprint density at radius 2 is 0.455 bits per heavy atom. The third-order valence-electron chi connectivity index (χ3n) is 12.4. The molecule has 0 unspecified atom stereocenters. The Balaban J connectivity index is 1.36. The zero-order valence-electron chi connectivity index (χ0n) is 49.1. The van der Waals surface area contributed by atoms with Crippen LogP contribution in [0.3, 0.4) is 0 Å². The molecule has 7 rings (SSSR count). The molecule has 0 radical (unpaired) electrons. The van der Waals surface area contributed by atoms with E-state index in [4.69, 9.17) is 47.4 Å². The van der Waals surface area contributed by atoms with E-state index in [1.54, 1.807) is 150 Å². The van der Waals surface area contributed by atoms with Gasteiger partial charge in [0.1, 0.15) is 24.7 Å². The number of rotatable bonds is 22. The maximum atomic E-state index is 9.43. The first-order valence-corrected chi connectivity index (χ1v) is 27.6. The van der Waals surface area contributed by atoms with E-state index >= 15 is 0 Å². The monoisotopic (exact) mass is 1160 g/mol. The van der Waals surface area contributed by atoms with E-state index in [0.29, 0.717) is 165 Å². The van der Waals surface area contributed by atoms with Gasteiger partial charge in [-0.25, -0.2) is 0 Å². The molecule has 0 saturated heterocycles. The van der Waals surface area contributed by atoms with Gasteiger partial charge in [-0.2, -0.15) is 21.0 Å². The summed E-state index contributed by atoms with van der Waals surface area (Å²) >= 11 is 0. The second-order valence-corrected chi connectivity index (χ2v) is 18.4. The summed E-state index contributed by atoms with van der Waals surface area (Å²) in [5.41, 5.74) is 8.85. The summed E-state index contributed by atoms with van der Waals surface area (Å²) in [6, 6.07) is 47.0. The van der Waals surface area contributed by atoms with Gasteiger partial charge in [0, 0.05) is 82.0 Å². The summed E-state index contributed by atoms with van der Waals surface area (Å²) in [7, 11) is 6.31. The van der Waals surface area contributed by atoms with Gasteiger partial charge in [0.2, 0.25) is 0 Å². The van der Waals surface area contributed by atoms with Gasteiger partial charge in [-0.3, -0.25) is 0 Å². The molecule has 0 amide bonds. The molecule has 14 heteroatoms. The maximum absolute atomic E-state index is 9.43. The van der Waals surface area contributed by atoms with Crippen molar-refractivity contribution in [3.63, 3.8) is 0 Å². The van der Waals surface area contributed by atoms with Crippen molar-refractivity contribution < 1.29 is 47.4 Å². The van der Waals surface area contributed by atoms with Crippen LogP contribution in [0.25, 0.3) is 0 Å². The van der Waals surface area contributed by atoms with Crippen LogP contribution < -0.4 is 18.9 Å². The Morgan fingerprint density at radius 3 is 0.716 bits per heavy atom. The Morgan fingerprint density at radius 1 is 0.239 bits per heavy atom. The number of hydrogen-bond donors (Lipinski definition) is 0. The fraction of sp³-hybridized carbons (Fsp3) is 0.216. The van der Waals surface area contributed by atoms with Gasteiger partial charge in [-0.15, -0.1) is 0 Å². The number of methoxy groups -OCH3 is 4. The highest BCUT2D eigenvalue weighted by Gasteiger charge is 2.15. The summed E-state index contributed by atoms with van der Waals surface area (Å²) < 4.78 is 57.7. The first kappa shape index (κ1) is 64.4. The van der Waals surface area contributed by atoms with Crippen molar-refractivity contribution in [3.05, 3.63) is 222 Å². The van der Waals surface area contributed by atoms with Crippen LogP contribution in [0.4, 0.5) is 0 Å². The van der Waals surface area contributed by atoms with Gasteiger partial charge >= 0.3 is 0 Å². The second kappa shape index (κ2) is 35.8. The molecule has 88 heavy (non-hydrogen) atoms. The summed E-state index contributed by atoms with van der Waals surface area (Å²) in [4.78, 5) is 0. The molecule has 0 aromatic heterocycles. The van der Waals surface area contributed by atoms with E-state index in [9.17, 15) is 21.0 Å². The smallest absolute Gasteiger partial charge is 0.162 e. The summed E-state index contributed by atoms with van der Waals surface area (Å²) in [6.07, 6.45) is 0. The van der Waals surface area contributed by atoms with E-state index in [1.807, 2.05) is 12.1 Å². The van der Waals surface area contributed by atoms with E-state index in [0.717, 1.165) is 0 Å². The van der Waals surface area contributed by atoms with Crippen molar-refractivity contribution in [1.82, 2.24) is 0 Å². The first-order chi connectivity index (χ1) is 43.3. The molecule has 0 aliphatic heterocycles. The standard InChI is InChI=1S/C74H58N4O10/c1-79-33-35-83-37-39-85-41-43-87-73-49-67(29-31-69-45-63(25-21-55-5-13-59(51-75)14-6-55)65(47-71(69)81-3)27-23-57-9-17-61(53-77)18-10-57)68(50-74(73)88-44-42-86-40-38-84-36-34-80-2)30-32-70-46-64(26-22-56-7-15-60(52-76)16-8-56)66(48-72(70)82-4)28-24-58-11-19-62(54-78)20-12-58/h5-20,45-50H,33-44H2,1-4H3. The average molecular weight is 1160 g/mol. The van der Waals surface area contributed by atoms with E-state index in [1.165, 1.54) is 0 Å². The quantitative estimate of drug-likeness (QED) is 0.0461. The maximum Gasteiger partial charge on any atom is 0.162 e. The highest BCUT2D eigenvalue weighted by molar-refractivity contribution is 5.67. The number of nitriles is 4. The SMILES string of the molecule is COCCOCCOCCOc1cc(C#Cc2cc(C#Cc3ccc(C#N)cc3)c(C#Cc3ccc(C#N)cc3)cc2OC)c(C#Cc2cc(C#Cc3ccc(C#N)cc3)c(C#Cc3ccc(C#N)cc3)cc2OC)cc1OCCOCCOCCOC. The molecule has 7 aromatic rings. The predicted molar refractivity (Wildman–Crippen MR) is 331 cm³/mol. The Kier molecular flexibility index (Phi) is 26.2. The molecule has 0 spiro atoms. The minimum atomic E-state index is 0.144. The number of hydrogen-bond acceptors (Lipinski definition) is 14. The summed E-state index contributed by atoms with van der Waals surface area (Å²) in [6.45, 7) is 4.03. The van der Waals surface area contributed by atoms with Gasteiger partial charge in [-0.1, -0.05) is 71.0 Å². The van der Waals surface area contributed by atoms with Crippen LogP contribution in [0.5, 0.6) is 23.0 Å². The average Bonchev–Trinajstić information content (AvgIpc) is 2.66. The normalized spacial score (nSPS) is 9.82. The van der Waals surface area contributed by atoms with Crippen molar-refractivity contribution in [3.8, 4) is 118 Å². The van der Waals surface area contributed by atoms with Crippen LogP contribution in [-0.4, -0.2) is 108 Å². The van der Waals surface area contributed by atoms with Crippen molar-refractivity contribution in [2.24, 2.45) is 0 Å². The largest absolute Gasteiger partial charge is 0.495 e. The van der Waals surface area contributed by atoms with Crippen molar-refractivity contribution in [2.75, 3.05) is 108 Å². The van der Waals surface area contributed by atoms with Gasteiger partial charge in [0.15, 0.2) is 11.5 Å². The third kappa shape index (κ3) is 20.6. The number of nitrogens with zero attached hydrogens (tertiary/aromatic N) is 4. The predicted octanol–water partition coefficient (Wildman–Crippen LogP) is 9.71.